The second-order valence-corrected chi connectivity index (χ2v) is 6.95. The SMILES string of the molecule is CC(C)c1ccc(Sc2ccc(/C(N)=N/O)c(Br)c2)cc1. The van der Waals surface area contributed by atoms with E-state index in [2.05, 4.69) is 59.2 Å². The molecule has 0 spiro atoms. The summed E-state index contributed by atoms with van der Waals surface area (Å²) in [7, 11) is 0. The van der Waals surface area contributed by atoms with Crippen LogP contribution in [-0.4, -0.2) is 11.0 Å². The van der Waals surface area contributed by atoms with Gasteiger partial charge in [0.1, 0.15) is 0 Å². The molecule has 110 valence electrons. The maximum absolute atomic E-state index is 8.72. The van der Waals surface area contributed by atoms with Crippen molar-refractivity contribution in [3.05, 3.63) is 58.1 Å². The number of nitrogens with two attached hydrogens (primary N) is 1. The summed E-state index contributed by atoms with van der Waals surface area (Å²) in [5.74, 6) is 0.637. The number of oxime groups is 1. The van der Waals surface area contributed by atoms with Gasteiger partial charge in [0.25, 0.3) is 0 Å². The van der Waals surface area contributed by atoms with Gasteiger partial charge in [-0.25, -0.2) is 0 Å². The van der Waals surface area contributed by atoms with Crippen molar-refractivity contribution in [3.8, 4) is 0 Å². The predicted molar refractivity (Wildman–Crippen MR) is 91.3 cm³/mol. The first-order valence-corrected chi connectivity index (χ1v) is 8.17. The monoisotopic (exact) mass is 364 g/mol. The van der Waals surface area contributed by atoms with Gasteiger partial charge in [-0.2, -0.15) is 0 Å². The first-order chi connectivity index (χ1) is 10.0. The summed E-state index contributed by atoms with van der Waals surface area (Å²) in [5.41, 5.74) is 7.62. The molecule has 0 atom stereocenters. The Bertz CT molecular complexity index is 654. The summed E-state index contributed by atoms with van der Waals surface area (Å²) in [6.07, 6.45) is 0. The minimum atomic E-state index is 0.0970. The molecule has 0 fully saturated rings. The molecule has 0 radical (unpaired) electrons. The number of halogens is 1. The average molecular weight is 365 g/mol. The Morgan fingerprint density at radius 3 is 2.29 bits per heavy atom. The Hall–Kier alpha value is -1.46. The lowest BCUT2D eigenvalue weighted by molar-refractivity contribution is 0.318. The molecule has 0 heterocycles. The molecule has 3 N–H and O–H groups in total. The quantitative estimate of drug-likeness (QED) is 0.354. The van der Waals surface area contributed by atoms with Crippen LogP contribution < -0.4 is 5.73 Å². The Balaban J connectivity index is 2.18. The highest BCUT2D eigenvalue weighted by molar-refractivity contribution is 9.10. The largest absolute Gasteiger partial charge is 0.409 e. The fraction of sp³-hybridized carbons (Fsp3) is 0.188. The number of nitrogens with zero attached hydrogens (tertiary/aromatic N) is 1. The van der Waals surface area contributed by atoms with Gasteiger partial charge in [0.05, 0.1) is 0 Å². The number of amidine groups is 1. The van der Waals surface area contributed by atoms with Crippen LogP contribution in [0, 0.1) is 0 Å². The van der Waals surface area contributed by atoms with Crippen molar-refractivity contribution in [1.29, 1.82) is 0 Å². The maximum atomic E-state index is 8.72. The average Bonchev–Trinajstić information content (AvgIpc) is 2.47. The van der Waals surface area contributed by atoms with Gasteiger partial charge in [0.15, 0.2) is 5.84 Å². The van der Waals surface area contributed by atoms with Gasteiger partial charge in [-0.05, 0) is 57.7 Å². The third-order valence-electron chi connectivity index (χ3n) is 3.11. The molecule has 5 heteroatoms. The van der Waals surface area contributed by atoms with Gasteiger partial charge >= 0.3 is 0 Å². The summed E-state index contributed by atoms with van der Waals surface area (Å²) in [6.45, 7) is 4.37. The Morgan fingerprint density at radius 2 is 1.76 bits per heavy atom. The highest BCUT2D eigenvalue weighted by Gasteiger charge is 2.07. The van der Waals surface area contributed by atoms with Crippen molar-refractivity contribution in [3.63, 3.8) is 0 Å². The lowest BCUT2D eigenvalue weighted by Gasteiger charge is -2.08. The predicted octanol–water partition coefficient (Wildman–Crippen LogP) is 4.82. The van der Waals surface area contributed by atoms with Gasteiger partial charge in [-0.15, -0.1) is 0 Å². The maximum Gasteiger partial charge on any atom is 0.171 e. The number of benzene rings is 2. The van der Waals surface area contributed by atoms with Gasteiger partial charge in [-0.3, -0.25) is 0 Å². The van der Waals surface area contributed by atoms with Crippen molar-refractivity contribution in [2.75, 3.05) is 0 Å². The van der Waals surface area contributed by atoms with Gasteiger partial charge in [0, 0.05) is 19.8 Å². The van der Waals surface area contributed by atoms with Crippen LogP contribution in [0.4, 0.5) is 0 Å². The molecule has 2 aromatic carbocycles. The van der Waals surface area contributed by atoms with Crippen molar-refractivity contribution < 1.29 is 5.21 Å². The molecule has 2 rings (SSSR count). The van der Waals surface area contributed by atoms with E-state index >= 15 is 0 Å². The number of hydrogen-bond acceptors (Lipinski definition) is 3. The topological polar surface area (TPSA) is 58.6 Å². The fourth-order valence-electron chi connectivity index (χ4n) is 1.88. The Morgan fingerprint density at radius 1 is 1.14 bits per heavy atom. The highest BCUT2D eigenvalue weighted by Crippen LogP contribution is 2.31. The normalized spacial score (nSPS) is 11.9. The zero-order valence-corrected chi connectivity index (χ0v) is 14.3. The van der Waals surface area contributed by atoms with Crippen molar-refractivity contribution in [1.82, 2.24) is 0 Å². The van der Waals surface area contributed by atoms with Gasteiger partial charge < -0.3 is 10.9 Å². The van der Waals surface area contributed by atoms with E-state index in [1.807, 2.05) is 18.2 Å². The van der Waals surface area contributed by atoms with Crippen molar-refractivity contribution in [2.45, 2.75) is 29.6 Å². The van der Waals surface area contributed by atoms with E-state index < -0.39 is 0 Å². The summed E-state index contributed by atoms with van der Waals surface area (Å²) < 4.78 is 0.807. The first kappa shape index (κ1) is 15.9. The molecule has 0 amide bonds. The van der Waals surface area contributed by atoms with Gasteiger partial charge in [-0.1, -0.05) is 42.9 Å². The van der Waals surface area contributed by atoms with Crippen molar-refractivity contribution >= 4 is 33.5 Å². The summed E-state index contributed by atoms with van der Waals surface area (Å²) >= 11 is 5.12. The van der Waals surface area contributed by atoms with Crippen LogP contribution in [0.5, 0.6) is 0 Å². The van der Waals surface area contributed by atoms with E-state index in [1.54, 1.807) is 11.8 Å². The van der Waals surface area contributed by atoms with E-state index in [0.29, 0.717) is 11.5 Å². The molecular weight excluding hydrogens is 348 g/mol. The lowest BCUT2D eigenvalue weighted by atomic mass is 10.0. The van der Waals surface area contributed by atoms with E-state index in [1.165, 1.54) is 10.5 Å². The molecule has 0 saturated carbocycles. The molecule has 0 aliphatic heterocycles. The summed E-state index contributed by atoms with van der Waals surface area (Å²) in [4.78, 5) is 2.27. The zero-order chi connectivity index (χ0) is 15.4. The highest BCUT2D eigenvalue weighted by atomic mass is 79.9. The number of hydrogen-bond donors (Lipinski definition) is 2. The van der Waals surface area contributed by atoms with Gasteiger partial charge in [0.2, 0.25) is 0 Å². The van der Waals surface area contributed by atoms with E-state index in [4.69, 9.17) is 10.9 Å². The van der Waals surface area contributed by atoms with Crippen LogP contribution >= 0.6 is 27.7 Å². The molecule has 0 aliphatic carbocycles. The van der Waals surface area contributed by atoms with Crippen LogP contribution in [0.15, 0.2) is 61.9 Å². The standard InChI is InChI=1S/C16H17BrN2OS/c1-10(2)11-3-5-12(6-4-11)21-13-7-8-14(15(17)9-13)16(18)19-20/h3-10,20H,1-2H3,(H2,18,19). The van der Waals surface area contributed by atoms with Crippen LogP contribution in [0.2, 0.25) is 0 Å². The smallest absolute Gasteiger partial charge is 0.171 e. The second-order valence-electron chi connectivity index (χ2n) is 4.95. The first-order valence-electron chi connectivity index (χ1n) is 6.56. The van der Waals surface area contributed by atoms with Crippen LogP contribution in [0.25, 0.3) is 0 Å². The molecule has 21 heavy (non-hydrogen) atoms. The van der Waals surface area contributed by atoms with Crippen molar-refractivity contribution in [2.24, 2.45) is 10.9 Å². The van der Waals surface area contributed by atoms with Crippen LogP contribution in [0.3, 0.4) is 0 Å². The molecule has 0 aliphatic rings. The minimum Gasteiger partial charge on any atom is -0.409 e. The van der Waals surface area contributed by atoms with Crippen LogP contribution in [-0.2, 0) is 0 Å². The van der Waals surface area contributed by atoms with E-state index in [0.717, 1.165) is 9.37 Å². The molecular formula is C16H17BrN2OS. The molecule has 2 aromatic rings. The third kappa shape index (κ3) is 4.02. The molecule has 0 unspecified atom stereocenters. The summed E-state index contributed by atoms with van der Waals surface area (Å²) in [5, 5.41) is 11.7. The van der Waals surface area contributed by atoms with Crippen LogP contribution in [0.1, 0.15) is 30.9 Å². The molecule has 3 nitrogen and oxygen atoms in total. The van der Waals surface area contributed by atoms with E-state index in [-0.39, 0.29) is 5.84 Å². The Kier molecular flexibility index (Phi) is 5.31. The third-order valence-corrected chi connectivity index (χ3v) is 4.76. The molecule has 0 saturated heterocycles. The number of rotatable bonds is 4. The van der Waals surface area contributed by atoms with E-state index in [9.17, 15) is 0 Å². The molecule has 0 bridgehead atoms. The Labute approximate surface area is 137 Å². The lowest BCUT2D eigenvalue weighted by Crippen LogP contribution is -2.13. The fourth-order valence-corrected chi connectivity index (χ4v) is 3.47. The molecule has 0 aromatic heterocycles. The second kappa shape index (κ2) is 7.00. The minimum absolute atomic E-state index is 0.0970. The summed E-state index contributed by atoms with van der Waals surface area (Å²) in [6, 6.07) is 14.3. The zero-order valence-electron chi connectivity index (χ0n) is 11.9.